The Morgan fingerprint density at radius 2 is 1.91 bits per heavy atom. The van der Waals surface area contributed by atoms with Gasteiger partial charge in [0.15, 0.2) is 0 Å². The maximum absolute atomic E-state index is 6.07. The number of allylic oxidation sites excluding steroid dienone is 2. The molecule has 3 rings (SSSR count). The van der Waals surface area contributed by atoms with Crippen LogP contribution in [-0.2, 0) is 0 Å². The van der Waals surface area contributed by atoms with E-state index < -0.39 is 0 Å². The molecule has 0 heteroatoms. The van der Waals surface area contributed by atoms with E-state index in [1.54, 1.807) is 0 Å². The predicted molar refractivity (Wildman–Crippen MR) is 44.7 cm³/mol. The molecule has 0 heterocycles. The van der Waals surface area contributed by atoms with E-state index in [4.69, 9.17) is 6.92 Å². The quantitative estimate of drug-likeness (QED) is 0.461. The Kier molecular flexibility index (Phi) is 1.09. The second-order valence-corrected chi connectivity index (χ2v) is 4.43. The molecule has 0 aliphatic heterocycles. The van der Waals surface area contributed by atoms with Crippen LogP contribution in [0.25, 0.3) is 0 Å². The second kappa shape index (κ2) is 1.91. The van der Waals surface area contributed by atoms with Crippen molar-refractivity contribution in [3.05, 3.63) is 19.1 Å². The van der Waals surface area contributed by atoms with Crippen LogP contribution < -0.4 is 0 Å². The van der Waals surface area contributed by atoms with E-state index in [-0.39, 0.29) is 0 Å². The lowest BCUT2D eigenvalue weighted by Gasteiger charge is -2.23. The first kappa shape index (κ1) is 6.28. The SMILES string of the molecule is [CH]C1CCC2C3C=CC(C3)C12. The lowest BCUT2D eigenvalue weighted by atomic mass is 9.82. The summed E-state index contributed by atoms with van der Waals surface area (Å²) in [4.78, 5) is 0. The highest BCUT2D eigenvalue weighted by Gasteiger charge is 2.49. The van der Waals surface area contributed by atoms with Gasteiger partial charge in [0.25, 0.3) is 0 Å². The van der Waals surface area contributed by atoms with Gasteiger partial charge >= 0.3 is 0 Å². The summed E-state index contributed by atoms with van der Waals surface area (Å²) >= 11 is 0. The summed E-state index contributed by atoms with van der Waals surface area (Å²) < 4.78 is 0. The minimum Gasteiger partial charge on any atom is -0.0848 e. The Bertz CT molecular complexity index is 204. The van der Waals surface area contributed by atoms with Crippen LogP contribution in [0.4, 0.5) is 0 Å². The third kappa shape index (κ3) is 0.660. The summed E-state index contributed by atoms with van der Waals surface area (Å²) in [6.45, 7) is 6.07. The molecule has 0 aromatic rings. The van der Waals surface area contributed by atoms with E-state index in [0.29, 0.717) is 5.92 Å². The zero-order chi connectivity index (χ0) is 7.42. The fraction of sp³-hybridized carbons (Fsp3) is 0.727. The van der Waals surface area contributed by atoms with E-state index in [2.05, 4.69) is 12.2 Å². The molecule has 0 amide bonds. The van der Waals surface area contributed by atoms with Gasteiger partial charge in [0, 0.05) is 0 Å². The van der Waals surface area contributed by atoms with Crippen molar-refractivity contribution in [3.8, 4) is 0 Å². The van der Waals surface area contributed by atoms with Crippen LogP contribution in [0.2, 0.25) is 0 Å². The topological polar surface area (TPSA) is 0 Å². The summed E-state index contributed by atoms with van der Waals surface area (Å²) in [6, 6.07) is 0. The summed E-state index contributed by atoms with van der Waals surface area (Å²) in [7, 11) is 0. The van der Waals surface area contributed by atoms with E-state index in [9.17, 15) is 0 Å². The normalized spacial score (nSPS) is 58.8. The second-order valence-electron chi connectivity index (χ2n) is 4.43. The highest BCUT2D eigenvalue weighted by atomic mass is 14.5. The van der Waals surface area contributed by atoms with Gasteiger partial charge in [-0.1, -0.05) is 12.2 Å². The lowest BCUT2D eigenvalue weighted by Crippen LogP contribution is -2.17. The van der Waals surface area contributed by atoms with Crippen LogP contribution in [-0.4, -0.2) is 0 Å². The molecular formula is C11H14. The van der Waals surface area contributed by atoms with E-state index in [1.165, 1.54) is 19.3 Å². The van der Waals surface area contributed by atoms with Gasteiger partial charge in [-0.2, -0.15) is 0 Å². The van der Waals surface area contributed by atoms with Gasteiger partial charge in [0.05, 0.1) is 0 Å². The number of hydrogen-bond acceptors (Lipinski definition) is 0. The molecule has 5 unspecified atom stereocenters. The van der Waals surface area contributed by atoms with Crippen LogP contribution in [0, 0.1) is 36.5 Å². The molecule has 0 aromatic carbocycles. The van der Waals surface area contributed by atoms with Gasteiger partial charge in [-0.05, 0) is 55.8 Å². The number of hydrogen-bond donors (Lipinski definition) is 0. The van der Waals surface area contributed by atoms with E-state index in [0.717, 1.165) is 23.7 Å². The molecule has 2 fully saturated rings. The molecule has 0 aromatic heterocycles. The average molecular weight is 146 g/mol. The smallest absolute Gasteiger partial charge is 0.0194 e. The molecule has 0 nitrogen and oxygen atoms in total. The molecule has 5 atom stereocenters. The maximum atomic E-state index is 6.07. The fourth-order valence-corrected chi connectivity index (χ4v) is 3.58. The van der Waals surface area contributed by atoms with E-state index >= 15 is 0 Å². The Labute approximate surface area is 68.7 Å². The van der Waals surface area contributed by atoms with Crippen LogP contribution in [0.15, 0.2) is 12.2 Å². The van der Waals surface area contributed by atoms with Crippen LogP contribution in [0.3, 0.4) is 0 Å². The third-order valence-electron chi connectivity index (χ3n) is 4.02. The Morgan fingerprint density at radius 1 is 1.09 bits per heavy atom. The molecule has 0 saturated heterocycles. The molecule has 2 saturated carbocycles. The molecule has 11 heavy (non-hydrogen) atoms. The predicted octanol–water partition coefficient (Wildman–Crippen LogP) is 2.55. The number of rotatable bonds is 0. The maximum Gasteiger partial charge on any atom is -0.0194 e. The van der Waals surface area contributed by atoms with Gasteiger partial charge in [-0.15, -0.1) is 0 Å². The summed E-state index contributed by atoms with van der Waals surface area (Å²) in [5, 5.41) is 0. The highest BCUT2D eigenvalue weighted by molar-refractivity contribution is 5.16. The van der Waals surface area contributed by atoms with Crippen molar-refractivity contribution in [2.24, 2.45) is 29.6 Å². The van der Waals surface area contributed by atoms with Gasteiger partial charge in [0.1, 0.15) is 0 Å². The molecule has 58 valence electrons. The largest absolute Gasteiger partial charge is 0.0848 e. The first-order valence-corrected chi connectivity index (χ1v) is 4.80. The zero-order valence-corrected chi connectivity index (χ0v) is 6.74. The minimum absolute atomic E-state index is 0.528. The van der Waals surface area contributed by atoms with Crippen molar-refractivity contribution in [2.45, 2.75) is 19.3 Å². The Hall–Kier alpha value is -0.260. The van der Waals surface area contributed by atoms with Crippen LogP contribution in [0.1, 0.15) is 19.3 Å². The highest BCUT2D eigenvalue weighted by Crippen LogP contribution is 2.57. The first-order chi connectivity index (χ1) is 5.36. The molecule has 2 bridgehead atoms. The van der Waals surface area contributed by atoms with Gasteiger partial charge < -0.3 is 0 Å². The summed E-state index contributed by atoms with van der Waals surface area (Å²) in [5.74, 6) is 4.14. The molecule has 0 N–H and O–H groups in total. The van der Waals surface area contributed by atoms with Crippen LogP contribution >= 0.6 is 0 Å². The Morgan fingerprint density at radius 3 is 2.73 bits per heavy atom. The van der Waals surface area contributed by atoms with Gasteiger partial charge in [-0.25, -0.2) is 0 Å². The third-order valence-corrected chi connectivity index (χ3v) is 4.02. The lowest BCUT2D eigenvalue weighted by molar-refractivity contribution is 0.323. The molecular weight excluding hydrogens is 132 g/mol. The minimum atomic E-state index is 0.528. The molecule has 0 spiro atoms. The standard InChI is InChI=1S/C11H14/c1-7-2-5-10-8-3-4-9(6-8)11(7)10/h1,3-4,7-11H,2,5-6H2. The summed E-state index contributed by atoms with van der Waals surface area (Å²) in [5.41, 5.74) is 0. The summed E-state index contributed by atoms with van der Waals surface area (Å²) in [6.07, 6.45) is 8.95. The first-order valence-electron chi connectivity index (χ1n) is 4.80. The average Bonchev–Trinajstić information content (AvgIpc) is 2.60. The van der Waals surface area contributed by atoms with Crippen molar-refractivity contribution in [1.82, 2.24) is 0 Å². The molecule has 3 aliphatic rings. The van der Waals surface area contributed by atoms with Crippen molar-refractivity contribution >= 4 is 0 Å². The molecule has 2 radical (unpaired) electrons. The van der Waals surface area contributed by atoms with Crippen LogP contribution in [0.5, 0.6) is 0 Å². The molecule has 3 aliphatic carbocycles. The van der Waals surface area contributed by atoms with Crippen molar-refractivity contribution in [1.29, 1.82) is 0 Å². The fourth-order valence-electron chi connectivity index (χ4n) is 3.58. The van der Waals surface area contributed by atoms with E-state index in [1.807, 2.05) is 0 Å². The Balaban J connectivity index is 1.97. The monoisotopic (exact) mass is 146 g/mol. The number of fused-ring (bicyclic) bond motifs is 5. The van der Waals surface area contributed by atoms with Gasteiger partial charge in [0.2, 0.25) is 0 Å². The zero-order valence-electron chi connectivity index (χ0n) is 6.74. The van der Waals surface area contributed by atoms with Gasteiger partial charge in [-0.3, -0.25) is 0 Å². The van der Waals surface area contributed by atoms with Crippen molar-refractivity contribution in [2.75, 3.05) is 0 Å². The van der Waals surface area contributed by atoms with Crippen molar-refractivity contribution < 1.29 is 0 Å². The van der Waals surface area contributed by atoms with Crippen molar-refractivity contribution in [3.63, 3.8) is 0 Å².